The number of carbonyl (C=O) groups is 2. The summed E-state index contributed by atoms with van der Waals surface area (Å²) >= 11 is 8.00. The number of likely N-dealkylation sites (N-methyl/N-ethyl adjacent to an activating group) is 1. The molecule has 32 heavy (non-hydrogen) atoms. The minimum atomic E-state index is -1.48. The van der Waals surface area contributed by atoms with Crippen LogP contribution in [0.5, 0.6) is 0 Å². The Kier molecular flexibility index (Phi) is 6.26. The van der Waals surface area contributed by atoms with Crippen molar-refractivity contribution in [3.05, 3.63) is 98.2 Å². The van der Waals surface area contributed by atoms with Gasteiger partial charge in [0.25, 0.3) is 5.91 Å². The standard InChI is InChI=1S/C25H20ClF2NO2S/c1-29(24(31)22-20(27)11-4-12-21(22)28)25(18-9-2-3-10-19(18)26)13-5-7-16(23(25)30)15-17-8-6-14-32-17/h2-4,6,8-12,14-15H,5,7,13H2,1H3. The Balaban J connectivity index is 1.89. The highest BCUT2D eigenvalue weighted by Crippen LogP contribution is 2.45. The second-order valence-corrected chi connectivity index (χ2v) is 9.06. The van der Waals surface area contributed by atoms with Crippen LogP contribution in [0, 0.1) is 11.6 Å². The highest BCUT2D eigenvalue weighted by Gasteiger charge is 2.50. The summed E-state index contributed by atoms with van der Waals surface area (Å²) in [5, 5.41) is 2.23. The van der Waals surface area contributed by atoms with E-state index in [0.29, 0.717) is 29.0 Å². The average Bonchev–Trinajstić information content (AvgIpc) is 3.28. The number of carbonyl (C=O) groups excluding carboxylic acids is 2. The van der Waals surface area contributed by atoms with Gasteiger partial charge < -0.3 is 4.90 Å². The lowest BCUT2D eigenvalue weighted by Crippen LogP contribution is -2.55. The summed E-state index contributed by atoms with van der Waals surface area (Å²) in [6, 6.07) is 13.8. The lowest BCUT2D eigenvalue weighted by molar-refractivity contribution is -0.128. The zero-order valence-corrected chi connectivity index (χ0v) is 18.9. The molecule has 0 aliphatic heterocycles. The maximum Gasteiger partial charge on any atom is 0.260 e. The van der Waals surface area contributed by atoms with Gasteiger partial charge in [-0.05, 0) is 60.6 Å². The van der Waals surface area contributed by atoms with Crippen LogP contribution in [0.2, 0.25) is 5.02 Å². The zero-order valence-electron chi connectivity index (χ0n) is 17.3. The number of nitrogens with zero attached hydrogens (tertiary/aromatic N) is 1. The number of amides is 1. The van der Waals surface area contributed by atoms with Crippen molar-refractivity contribution in [1.29, 1.82) is 0 Å². The lowest BCUT2D eigenvalue weighted by Gasteiger charge is -2.44. The molecule has 1 amide bonds. The van der Waals surface area contributed by atoms with Crippen LogP contribution in [0.4, 0.5) is 8.78 Å². The highest BCUT2D eigenvalue weighted by molar-refractivity contribution is 7.10. The monoisotopic (exact) mass is 471 g/mol. The van der Waals surface area contributed by atoms with E-state index >= 15 is 0 Å². The molecule has 4 rings (SSSR count). The third-order valence-electron chi connectivity index (χ3n) is 5.88. The predicted molar refractivity (Wildman–Crippen MR) is 123 cm³/mol. The molecule has 1 aliphatic carbocycles. The van der Waals surface area contributed by atoms with Gasteiger partial charge in [0.2, 0.25) is 0 Å². The van der Waals surface area contributed by atoms with Crippen LogP contribution in [-0.2, 0) is 10.3 Å². The van der Waals surface area contributed by atoms with Crippen LogP contribution in [0.15, 0.2) is 65.6 Å². The van der Waals surface area contributed by atoms with Crippen molar-refractivity contribution in [3.63, 3.8) is 0 Å². The maximum atomic E-state index is 14.5. The van der Waals surface area contributed by atoms with E-state index in [0.717, 1.165) is 21.9 Å². The summed E-state index contributed by atoms with van der Waals surface area (Å²) in [6.45, 7) is 0. The zero-order chi connectivity index (χ0) is 22.9. The van der Waals surface area contributed by atoms with Crippen molar-refractivity contribution < 1.29 is 18.4 Å². The topological polar surface area (TPSA) is 37.4 Å². The molecule has 3 nitrogen and oxygen atoms in total. The van der Waals surface area contributed by atoms with E-state index in [4.69, 9.17) is 11.6 Å². The van der Waals surface area contributed by atoms with Crippen LogP contribution in [0.1, 0.15) is 40.1 Å². The molecule has 1 heterocycles. The number of Topliss-reactive ketones (excluding diaryl/α,β-unsaturated/α-hetero) is 1. The Hall–Kier alpha value is -2.83. The summed E-state index contributed by atoms with van der Waals surface area (Å²) in [7, 11) is 1.41. The van der Waals surface area contributed by atoms with Crippen LogP contribution < -0.4 is 0 Å². The van der Waals surface area contributed by atoms with Crippen LogP contribution in [0.3, 0.4) is 0 Å². The van der Waals surface area contributed by atoms with Crippen molar-refractivity contribution in [3.8, 4) is 0 Å². The van der Waals surface area contributed by atoms with Crippen molar-refractivity contribution in [2.75, 3.05) is 7.05 Å². The van der Waals surface area contributed by atoms with Crippen molar-refractivity contribution in [2.45, 2.75) is 24.8 Å². The first kappa shape index (κ1) is 22.4. The molecule has 1 unspecified atom stereocenters. The van der Waals surface area contributed by atoms with E-state index in [9.17, 15) is 18.4 Å². The molecule has 0 spiro atoms. The SMILES string of the molecule is CN(C(=O)c1c(F)cccc1F)C1(c2ccccc2Cl)CCCC(=Cc2cccs2)C1=O. The van der Waals surface area contributed by atoms with Crippen LogP contribution in [0.25, 0.3) is 6.08 Å². The number of halogens is 3. The number of hydrogen-bond donors (Lipinski definition) is 0. The summed E-state index contributed by atoms with van der Waals surface area (Å²) < 4.78 is 28.9. The third-order valence-corrected chi connectivity index (χ3v) is 7.03. The second kappa shape index (κ2) is 8.96. The molecule has 0 bridgehead atoms. The Morgan fingerprint density at radius 1 is 1.09 bits per heavy atom. The molecule has 1 saturated carbocycles. The number of rotatable bonds is 4. The molecule has 0 radical (unpaired) electrons. The second-order valence-electron chi connectivity index (χ2n) is 7.67. The first-order valence-corrected chi connectivity index (χ1v) is 11.4. The molecule has 3 aromatic rings. The number of ketones is 1. The fourth-order valence-corrected chi connectivity index (χ4v) is 5.28. The van der Waals surface area contributed by atoms with Gasteiger partial charge in [0.15, 0.2) is 5.78 Å². The normalized spacial score (nSPS) is 19.9. The van der Waals surface area contributed by atoms with Crippen LogP contribution in [-0.4, -0.2) is 23.6 Å². The molecule has 1 fully saturated rings. The molecule has 1 aliphatic rings. The van der Waals surface area contributed by atoms with Gasteiger partial charge in [-0.3, -0.25) is 9.59 Å². The number of thiophene rings is 1. The van der Waals surface area contributed by atoms with E-state index < -0.39 is 28.6 Å². The molecule has 0 saturated heterocycles. The molecule has 1 aromatic heterocycles. The number of hydrogen-bond acceptors (Lipinski definition) is 3. The molecule has 0 N–H and O–H groups in total. The smallest absolute Gasteiger partial charge is 0.260 e. The van der Waals surface area contributed by atoms with E-state index in [2.05, 4.69) is 0 Å². The fraction of sp³-hybridized carbons (Fsp3) is 0.200. The maximum absolute atomic E-state index is 14.5. The minimum absolute atomic E-state index is 0.287. The molecule has 7 heteroatoms. The van der Waals surface area contributed by atoms with E-state index in [1.54, 1.807) is 24.3 Å². The van der Waals surface area contributed by atoms with Gasteiger partial charge in [-0.2, -0.15) is 0 Å². The fourth-order valence-electron chi connectivity index (χ4n) is 4.31. The Morgan fingerprint density at radius 3 is 2.47 bits per heavy atom. The molecule has 1 atom stereocenters. The quantitative estimate of drug-likeness (QED) is 0.408. The van der Waals surface area contributed by atoms with E-state index in [1.165, 1.54) is 24.5 Å². The predicted octanol–water partition coefficient (Wildman–Crippen LogP) is 6.48. The lowest BCUT2D eigenvalue weighted by atomic mass is 9.71. The number of benzene rings is 2. The summed E-state index contributed by atoms with van der Waals surface area (Å²) in [5.41, 5.74) is -1.18. The minimum Gasteiger partial charge on any atom is -0.324 e. The average molecular weight is 472 g/mol. The highest BCUT2D eigenvalue weighted by atomic mass is 35.5. The third kappa shape index (κ3) is 3.78. The largest absolute Gasteiger partial charge is 0.324 e. The van der Waals surface area contributed by atoms with Gasteiger partial charge in [0.05, 0.1) is 0 Å². The van der Waals surface area contributed by atoms with E-state index in [1.807, 2.05) is 23.6 Å². The Morgan fingerprint density at radius 2 is 1.81 bits per heavy atom. The Labute approximate surface area is 193 Å². The van der Waals surface area contributed by atoms with Crippen molar-refractivity contribution >= 4 is 40.7 Å². The summed E-state index contributed by atoms with van der Waals surface area (Å²) in [5.74, 6) is -3.16. The van der Waals surface area contributed by atoms with E-state index in [-0.39, 0.29) is 12.2 Å². The van der Waals surface area contributed by atoms with Crippen molar-refractivity contribution in [2.24, 2.45) is 0 Å². The molecule has 164 valence electrons. The molecule has 2 aromatic carbocycles. The first-order valence-electron chi connectivity index (χ1n) is 10.1. The van der Waals surface area contributed by atoms with Crippen LogP contribution >= 0.6 is 22.9 Å². The Bertz CT molecular complexity index is 1190. The molecular weight excluding hydrogens is 452 g/mol. The van der Waals surface area contributed by atoms with Gasteiger partial charge in [0.1, 0.15) is 22.7 Å². The van der Waals surface area contributed by atoms with Gasteiger partial charge in [-0.1, -0.05) is 41.9 Å². The van der Waals surface area contributed by atoms with Crippen molar-refractivity contribution in [1.82, 2.24) is 4.90 Å². The van der Waals surface area contributed by atoms with Gasteiger partial charge in [-0.25, -0.2) is 8.78 Å². The summed E-state index contributed by atoms with van der Waals surface area (Å²) in [4.78, 5) is 29.4. The van der Waals surface area contributed by atoms with Gasteiger partial charge in [-0.15, -0.1) is 11.3 Å². The first-order chi connectivity index (χ1) is 15.4. The van der Waals surface area contributed by atoms with Gasteiger partial charge >= 0.3 is 0 Å². The summed E-state index contributed by atoms with van der Waals surface area (Å²) in [6.07, 6.45) is 3.25. The molecular formula is C25H20ClF2NO2S. The van der Waals surface area contributed by atoms with Gasteiger partial charge in [0, 0.05) is 22.5 Å².